The number of nitrogens with one attached hydrogen (secondary N) is 1. The number of fused-ring (bicyclic) bond motifs is 2. The number of benzene rings is 1. The Labute approximate surface area is 205 Å². The number of nitrogens with zero attached hydrogens (tertiary/aromatic N) is 6. The lowest BCUT2D eigenvalue weighted by molar-refractivity contribution is -0.150. The van der Waals surface area contributed by atoms with Gasteiger partial charge in [-0.15, -0.1) is 38.4 Å². The van der Waals surface area contributed by atoms with Gasteiger partial charge in [0.15, 0.2) is 5.65 Å². The lowest BCUT2D eigenvalue weighted by atomic mass is 10.0. The van der Waals surface area contributed by atoms with Gasteiger partial charge in [-0.05, 0) is 45.8 Å². The van der Waals surface area contributed by atoms with Crippen molar-refractivity contribution >= 4 is 47.0 Å². The van der Waals surface area contributed by atoms with Crippen LogP contribution in [0.1, 0.15) is 11.6 Å². The average molecular weight is 515 g/mol. The number of rotatable bonds is 7. The first-order chi connectivity index (χ1) is 16.8. The molecule has 1 saturated heterocycles. The van der Waals surface area contributed by atoms with Crippen LogP contribution in [-0.2, 0) is 14.4 Å². The number of carbonyl (C=O) groups is 3. The smallest absolute Gasteiger partial charge is 0.352 e. The Kier molecular flexibility index (Phi) is 6.04. The van der Waals surface area contributed by atoms with Gasteiger partial charge in [0, 0.05) is 11.5 Å². The third-order valence-electron chi connectivity index (χ3n) is 5.52. The molecule has 5 rings (SSSR count). The predicted molar refractivity (Wildman–Crippen MR) is 124 cm³/mol. The molecule has 2 unspecified atom stereocenters. The number of hydrogen-bond acceptors (Lipinski definition) is 11. The van der Waals surface area contributed by atoms with Crippen molar-refractivity contribution in [3.63, 3.8) is 0 Å². The Hall–Kier alpha value is -3.69. The number of hydrogen-bond donors (Lipinski definition) is 4. The molecule has 15 heteroatoms. The maximum absolute atomic E-state index is 12.9. The molecule has 1 aromatic carbocycles. The van der Waals surface area contributed by atoms with E-state index in [1.165, 1.54) is 57.3 Å². The summed E-state index contributed by atoms with van der Waals surface area (Å²) in [6.45, 7) is 0. The number of carboxylic acids is 1. The predicted octanol–water partition coefficient (Wildman–Crippen LogP) is -0.244. The molecule has 35 heavy (non-hydrogen) atoms. The molecular weight excluding hydrogens is 496 g/mol. The molecule has 0 saturated carbocycles. The topological polar surface area (TPSA) is 189 Å². The Morgan fingerprint density at radius 3 is 2.77 bits per heavy atom. The van der Waals surface area contributed by atoms with Crippen LogP contribution >= 0.6 is 23.5 Å². The summed E-state index contributed by atoms with van der Waals surface area (Å²) in [5.74, 6) is -1.59. The summed E-state index contributed by atoms with van der Waals surface area (Å²) in [5.41, 5.74) is 7.45. The Balaban J connectivity index is 1.28. The van der Waals surface area contributed by atoms with Crippen LogP contribution < -0.4 is 11.1 Å². The van der Waals surface area contributed by atoms with Crippen LogP contribution in [0.3, 0.4) is 0 Å². The summed E-state index contributed by atoms with van der Waals surface area (Å²) in [6.07, 6.45) is 0. The van der Waals surface area contributed by atoms with Crippen LogP contribution in [0.2, 0.25) is 0 Å². The zero-order valence-corrected chi connectivity index (χ0v) is 19.4. The van der Waals surface area contributed by atoms with Crippen molar-refractivity contribution in [1.82, 2.24) is 35.5 Å². The first-order valence-electron chi connectivity index (χ1n) is 10.3. The summed E-state index contributed by atoms with van der Waals surface area (Å²) in [4.78, 5) is 38.8. The first-order valence-corrected chi connectivity index (χ1v) is 12.3. The first kappa shape index (κ1) is 23.1. The molecular formula is C20H18N8O5S2. The Bertz CT molecular complexity index is 1360. The van der Waals surface area contributed by atoms with Gasteiger partial charge in [-0.1, -0.05) is 12.1 Å². The summed E-state index contributed by atoms with van der Waals surface area (Å²) in [6, 6.07) is 7.36. The van der Waals surface area contributed by atoms with Crippen molar-refractivity contribution in [3.8, 4) is 5.75 Å². The zero-order chi connectivity index (χ0) is 24.7. The highest BCUT2D eigenvalue weighted by Crippen LogP contribution is 2.41. The highest BCUT2D eigenvalue weighted by Gasteiger charge is 2.54. The van der Waals surface area contributed by atoms with Crippen molar-refractivity contribution < 1.29 is 24.6 Å². The second kappa shape index (κ2) is 9.16. The highest BCUT2D eigenvalue weighted by atomic mass is 32.2. The fourth-order valence-corrected chi connectivity index (χ4v) is 6.08. The molecule has 2 aromatic heterocycles. The van der Waals surface area contributed by atoms with E-state index in [1.54, 1.807) is 12.1 Å². The van der Waals surface area contributed by atoms with Gasteiger partial charge in [0.25, 0.3) is 5.91 Å². The van der Waals surface area contributed by atoms with Crippen LogP contribution in [-0.4, -0.2) is 81.1 Å². The number of phenols is 1. The Morgan fingerprint density at radius 1 is 1.26 bits per heavy atom. The summed E-state index contributed by atoms with van der Waals surface area (Å²) < 4.78 is 1.27. The molecule has 0 spiro atoms. The fraction of sp³-hybridized carbons (Fsp3) is 0.250. The van der Waals surface area contributed by atoms with E-state index in [2.05, 4.69) is 25.9 Å². The van der Waals surface area contributed by atoms with Crippen LogP contribution in [0.15, 0.2) is 52.7 Å². The number of phenolic OH excluding ortho intramolecular Hbond substituents is 1. The average Bonchev–Trinajstić information content (AvgIpc) is 3.33. The van der Waals surface area contributed by atoms with Crippen LogP contribution in [0.4, 0.5) is 0 Å². The molecule has 2 aliphatic heterocycles. The summed E-state index contributed by atoms with van der Waals surface area (Å²) >= 11 is 2.67. The second-order valence-corrected chi connectivity index (χ2v) is 9.81. The molecule has 2 aliphatic rings. The van der Waals surface area contributed by atoms with Crippen molar-refractivity contribution in [2.75, 3.05) is 11.5 Å². The lowest BCUT2D eigenvalue weighted by Crippen LogP contribution is -2.71. The molecule has 180 valence electrons. The number of amides is 2. The van der Waals surface area contributed by atoms with Gasteiger partial charge in [0.2, 0.25) is 5.91 Å². The molecule has 5 N–H and O–H groups in total. The maximum atomic E-state index is 12.9. The highest BCUT2D eigenvalue weighted by molar-refractivity contribution is 8.01. The maximum Gasteiger partial charge on any atom is 0.352 e. The molecule has 0 radical (unpaired) electrons. The molecule has 3 aromatic rings. The minimum absolute atomic E-state index is 0.0402. The third-order valence-corrected chi connectivity index (χ3v) is 7.87. The number of thioether (sulfide) groups is 2. The quantitative estimate of drug-likeness (QED) is 0.239. The minimum Gasteiger partial charge on any atom is -0.508 e. The number of aliphatic carboxylic acids is 1. The molecule has 2 amide bonds. The van der Waals surface area contributed by atoms with Crippen LogP contribution in [0.5, 0.6) is 5.75 Å². The largest absolute Gasteiger partial charge is 0.508 e. The summed E-state index contributed by atoms with van der Waals surface area (Å²) in [7, 11) is 0. The van der Waals surface area contributed by atoms with E-state index < -0.39 is 35.2 Å². The minimum atomic E-state index is -1.21. The molecule has 0 bridgehead atoms. The third kappa shape index (κ3) is 4.28. The lowest BCUT2D eigenvalue weighted by Gasteiger charge is -2.49. The van der Waals surface area contributed by atoms with E-state index in [4.69, 9.17) is 5.73 Å². The van der Waals surface area contributed by atoms with Crippen molar-refractivity contribution in [2.24, 2.45) is 5.73 Å². The van der Waals surface area contributed by atoms with Gasteiger partial charge in [-0.2, -0.15) is 0 Å². The van der Waals surface area contributed by atoms with E-state index in [0.717, 1.165) is 0 Å². The molecule has 1 fully saturated rings. The van der Waals surface area contributed by atoms with Crippen molar-refractivity contribution in [1.29, 1.82) is 0 Å². The number of aromatic nitrogens is 5. The zero-order valence-electron chi connectivity index (χ0n) is 17.8. The number of nitrogens with two attached hydrogens (primary N) is 1. The Morgan fingerprint density at radius 2 is 2.03 bits per heavy atom. The van der Waals surface area contributed by atoms with Gasteiger partial charge in [-0.25, -0.2) is 4.79 Å². The molecule has 3 atom stereocenters. The second-order valence-electron chi connectivity index (χ2n) is 7.71. The standard InChI is InChI=1S/C20H18N8O5S2/c21-14(9-1-3-11(29)4-2-9)17(30)22-15-18(31)27-16(20(32)33)10(8-35-19(15)27)7-34-13-6-5-12-23-25-26-28(12)24-13/h1-6,14-15,19,29H,7-8,21H2,(H,22,30)(H,32,33)/t14?,15?,19-/m0/s1. The molecule has 0 aliphatic carbocycles. The number of aromatic hydroxyl groups is 1. The van der Waals surface area contributed by atoms with Crippen LogP contribution in [0, 0.1) is 0 Å². The van der Waals surface area contributed by atoms with E-state index in [9.17, 15) is 24.6 Å². The number of β-lactam (4-membered cyclic amide) rings is 1. The van der Waals surface area contributed by atoms with E-state index in [1.807, 2.05) is 0 Å². The van der Waals surface area contributed by atoms with Gasteiger partial charge in [0.05, 0.1) is 0 Å². The number of tetrazole rings is 1. The van der Waals surface area contributed by atoms with Crippen molar-refractivity contribution in [3.05, 3.63) is 53.2 Å². The van der Waals surface area contributed by atoms with Crippen molar-refractivity contribution in [2.45, 2.75) is 22.5 Å². The van der Waals surface area contributed by atoms with E-state index in [0.29, 0.717) is 33.3 Å². The molecule has 13 nitrogen and oxygen atoms in total. The number of carboxylic acid groups (broad SMARTS) is 1. The summed E-state index contributed by atoms with van der Waals surface area (Å²) in [5, 5.41) is 37.2. The van der Waals surface area contributed by atoms with E-state index in [-0.39, 0.29) is 11.4 Å². The van der Waals surface area contributed by atoms with Gasteiger partial charge < -0.3 is 21.3 Å². The SMILES string of the molecule is NC(C(=O)NC1C(=O)N2C(C(=O)O)=C(CSc3ccc4nnnn4n3)CS[C@@H]12)c1ccc(O)cc1. The van der Waals surface area contributed by atoms with Gasteiger partial charge in [-0.3, -0.25) is 14.5 Å². The number of carbonyl (C=O) groups excluding carboxylic acids is 2. The van der Waals surface area contributed by atoms with Gasteiger partial charge >= 0.3 is 5.97 Å². The van der Waals surface area contributed by atoms with Crippen LogP contribution in [0.25, 0.3) is 5.65 Å². The fourth-order valence-electron chi connectivity index (χ4n) is 3.74. The molecule has 4 heterocycles. The van der Waals surface area contributed by atoms with E-state index >= 15 is 0 Å². The monoisotopic (exact) mass is 514 g/mol. The normalized spacial score (nSPS) is 20.4. The van der Waals surface area contributed by atoms with Gasteiger partial charge in [0.1, 0.15) is 33.9 Å².